The summed E-state index contributed by atoms with van der Waals surface area (Å²) in [5.74, 6) is -0.437. The summed E-state index contributed by atoms with van der Waals surface area (Å²) in [6.45, 7) is 28.4. The van der Waals surface area contributed by atoms with Crippen molar-refractivity contribution in [3.8, 4) is 0 Å². The fourth-order valence-electron chi connectivity index (χ4n) is 5.55. The Hall–Kier alpha value is -0.160. The molecule has 0 aromatic heterocycles. The molecule has 0 aromatic carbocycles. The minimum absolute atomic E-state index is 0.0900. The molecule has 1 saturated carbocycles. The van der Waals surface area contributed by atoms with Gasteiger partial charge < -0.3 is 0 Å². The first-order valence-electron chi connectivity index (χ1n) is 11.4. The fourth-order valence-corrected chi connectivity index (χ4v) is 5.55. The van der Waals surface area contributed by atoms with Gasteiger partial charge in [-0.25, -0.2) is 9.78 Å². The molecule has 1 rings (SSSR count). The Labute approximate surface area is 181 Å². The van der Waals surface area contributed by atoms with Crippen molar-refractivity contribution in [3.05, 3.63) is 0 Å². The molecule has 0 saturated heterocycles. The van der Waals surface area contributed by atoms with Crippen LogP contribution in [0.4, 0.5) is 0 Å². The standard InChI is InChI=1S/C25H50O4/c1-19-14-22(8,9)18-25(15-19,28-26-23(10,11)16-20(2,3)4)29-27-24(12,13)17-21(5,6)7/h19H,14-18H2,1-13H3. The molecule has 0 heterocycles. The molecule has 0 aliphatic heterocycles. The summed E-state index contributed by atoms with van der Waals surface area (Å²) >= 11 is 0. The van der Waals surface area contributed by atoms with Crippen molar-refractivity contribution in [3.63, 3.8) is 0 Å². The van der Waals surface area contributed by atoms with Crippen LogP contribution in [0.2, 0.25) is 0 Å². The summed E-state index contributed by atoms with van der Waals surface area (Å²) in [6, 6.07) is 0. The molecule has 1 aliphatic rings. The van der Waals surface area contributed by atoms with E-state index in [1.54, 1.807) is 0 Å². The third-order valence-corrected chi connectivity index (χ3v) is 5.06. The van der Waals surface area contributed by atoms with Crippen molar-refractivity contribution >= 4 is 0 Å². The second-order valence-corrected chi connectivity index (χ2v) is 14.1. The van der Waals surface area contributed by atoms with Crippen LogP contribution in [-0.4, -0.2) is 17.0 Å². The first kappa shape index (κ1) is 26.9. The van der Waals surface area contributed by atoms with Gasteiger partial charge in [0.2, 0.25) is 5.79 Å². The fraction of sp³-hybridized carbons (Fsp3) is 1.00. The molecule has 4 heteroatoms. The lowest BCUT2D eigenvalue weighted by Gasteiger charge is -2.47. The zero-order chi connectivity index (χ0) is 22.9. The van der Waals surface area contributed by atoms with Gasteiger partial charge in [-0.1, -0.05) is 62.3 Å². The molecule has 1 fully saturated rings. The first-order chi connectivity index (χ1) is 12.6. The minimum atomic E-state index is -0.897. The summed E-state index contributed by atoms with van der Waals surface area (Å²) in [5, 5.41) is 0. The van der Waals surface area contributed by atoms with Gasteiger partial charge >= 0.3 is 0 Å². The van der Waals surface area contributed by atoms with Gasteiger partial charge in [-0.2, -0.15) is 9.78 Å². The van der Waals surface area contributed by atoms with E-state index in [-0.39, 0.29) is 16.2 Å². The molecule has 1 atom stereocenters. The summed E-state index contributed by atoms with van der Waals surface area (Å²) in [6.07, 6.45) is 4.39. The van der Waals surface area contributed by atoms with Crippen LogP contribution in [0.3, 0.4) is 0 Å². The molecule has 0 radical (unpaired) electrons. The second kappa shape index (κ2) is 8.76. The Kier molecular flexibility index (Phi) is 8.12. The third kappa shape index (κ3) is 10.6. The molecule has 0 amide bonds. The molecular weight excluding hydrogens is 364 g/mol. The second-order valence-electron chi connectivity index (χ2n) is 14.1. The highest BCUT2D eigenvalue weighted by Gasteiger charge is 2.49. The molecule has 0 N–H and O–H groups in total. The van der Waals surface area contributed by atoms with E-state index in [4.69, 9.17) is 19.6 Å². The van der Waals surface area contributed by atoms with Gasteiger partial charge in [0.15, 0.2) is 0 Å². The molecule has 0 bridgehead atoms. The number of hydrogen-bond donors (Lipinski definition) is 0. The largest absolute Gasteiger partial charge is 0.234 e. The average Bonchev–Trinajstić information content (AvgIpc) is 2.36. The van der Waals surface area contributed by atoms with Gasteiger partial charge in [0.25, 0.3) is 0 Å². The molecule has 174 valence electrons. The van der Waals surface area contributed by atoms with E-state index in [1.807, 2.05) is 0 Å². The van der Waals surface area contributed by atoms with E-state index in [9.17, 15) is 0 Å². The predicted octanol–water partition coefficient (Wildman–Crippen LogP) is 7.85. The molecule has 1 aliphatic carbocycles. The molecule has 0 spiro atoms. The van der Waals surface area contributed by atoms with Crippen molar-refractivity contribution in [1.29, 1.82) is 0 Å². The summed E-state index contributed by atoms with van der Waals surface area (Å²) < 4.78 is 0. The van der Waals surface area contributed by atoms with Crippen molar-refractivity contribution in [2.75, 3.05) is 0 Å². The number of hydrogen-bond acceptors (Lipinski definition) is 4. The molecular formula is C25H50O4. The monoisotopic (exact) mass is 414 g/mol. The van der Waals surface area contributed by atoms with Crippen LogP contribution in [0.1, 0.15) is 122 Å². The van der Waals surface area contributed by atoms with E-state index in [2.05, 4.69) is 90.0 Å². The Morgan fingerprint density at radius 2 is 1.07 bits per heavy atom. The Morgan fingerprint density at radius 3 is 1.38 bits per heavy atom. The maximum atomic E-state index is 6.17. The van der Waals surface area contributed by atoms with Crippen molar-refractivity contribution in [2.24, 2.45) is 22.2 Å². The maximum absolute atomic E-state index is 6.17. The van der Waals surface area contributed by atoms with Gasteiger partial charge in [0.1, 0.15) is 0 Å². The smallest absolute Gasteiger partial charge is 0.228 e. The minimum Gasteiger partial charge on any atom is -0.228 e. The molecule has 29 heavy (non-hydrogen) atoms. The maximum Gasteiger partial charge on any atom is 0.234 e. The predicted molar refractivity (Wildman–Crippen MR) is 120 cm³/mol. The van der Waals surface area contributed by atoms with Crippen molar-refractivity contribution in [1.82, 2.24) is 0 Å². The Morgan fingerprint density at radius 1 is 0.690 bits per heavy atom. The van der Waals surface area contributed by atoms with Gasteiger partial charge in [-0.3, -0.25) is 0 Å². The summed E-state index contributed by atoms with van der Waals surface area (Å²) in [4.78, 5) is 24.4. The highest BCUT2D eigenvalue weighted by Crippen LogP contribution is 2.48. The highest BCUT2D eigenvalue weighted by atomic mass is 17.3. The van der Waals surface area contributed by atoms with Crippen LogP contribution in [0.5, 0.6) is 0 Å². The van der Waals surface area contributed by atoms with E-state index >= 15 is 0 Å². The van der Waals surface area contributed by atoms with Crippen LogP contribution >= 0.6 is 0 Å². The lowest BCUT2D eigenvalue weighted by molar-refractivity contribution is -0.554. The van der Waals surface area contributed by atoms with Gasteiger partial charge in [-0.15, -0.1) is 0 Å². The van der Waals surface area contributed by atoms with Gasteiger partial charge in [0.05, 0.1) is 11.2 Å². The summed E-state index contributed by atoms with van der Waals surface area (Å²) in [7, 11) is 0. The zero-order valence-electron chi connectivity index (χ0n) is 21.7. The quantitative estimate of drug-likeness (QED) is 0.230. The highest BCUT2D eigenvalue weighted by molar-refractivity contribution is 4.89. The first-order valence-corrected chi connectivity index (χ1v) is 11.4. The van der Waals surface area contributed by atoms with Crippen LogP contribution in [0, 0.1) is 22.2 Å². The van der Waals surface area contributed by atoms with Crippen LogP contribution in [0.25, 0.3) is 0 Å². The van der Waals surface area contributed by atoms with E-state index in [0.29, 0.717) is 5.92 Å². The normalized spacial score (nSPS) is 23.3. The van der Waals surface area contributed by atoms with Crippen molar-refractivity contribution < 1.29 is 19.6 Å². The SMILES string of the molecule is CC1CC(C)(C)CC(OOC(C)(C)CC(C)(C)C)(OOC(C)(C)CC(C)(C)C)C1. The zero-order valence-corrected chi connectivity index (χ0v) is 21.7. The Balaban J connectivity index is 2.99. The number of rotatable bonds is 8. The van der Waals surface area contributed by atoms with Crippen LogP contribution < -0.4 is 0 Å². The van der Waals surface area contributed by atoms with Crippen LogP contribution in [-0.2, 0) is 19.6 Å². The average molecular weight is 415 g/mol. The third-order valence-electron chi connectivity index (χ3n) is 5.06. The molecule has 0 aromatic rings. The molecule has 1 unspecified atom stereocenters. The van der Waals surface area contributed by atoms with Crippen molar-refractivity contribution in [2.45, 2.75) is 139 Å². The lowest BCUT2D eigenvalue weighted by atomic mass is 9.70. The summed E-state index contributed by atoms with van der Waals surface area (Å²) in [5.41, 5.74) is -0.454. The Bertz CT molecular complexity index is 488. The topological polar surface area (TPSA) is 36.9 Å². The lowest BCUT2D eigenvalue weighted by Crippen LogP contribution is -2.49. The van der Waals surface area contributed by atoms with Gasteiger partial charge in [-0.05, 0) is 69.1 Å². The molecule has 4 nitrogen and oxygen atoms in total. The van der Waals surface area contributed by atoms with Gasteiger partial charge in [0, 0.05) is 12.8 Å². The van der Waals surface area contributed by atoms with E-state index < -0.39 is 17.0 Å². The van der Waals surface area contributed by atoms with E-state index in [0.717, 1.165) is 32.1 Å². The van der Waals surface area contributed by atoms with Crippen LogP contribution in [0.15, 0.2) is 0 Å². The van der Waals surface area contributed by atoms with E-state index in [1.165, 1.54) is 0 Å².